The van der Waals surface area contributed by atoms with Gasteiger partial charge < -0.3 is 16.2 Å². The van der Waals surface area contributed by atoms with Gasteiger partial charge in [-0.1, -0.05) is 37.8 Å². The molecule has 4 N–H and O–H groups in total. The van der Waals surface area contributed by atoms with Crippen molar-refractivity contribution in [3.05, 3.63) is 29.8 Å². The smallest absolute Gasteiger partial charge is 0.237 e. The maximum absolute atomic E-state index is 12.1. The number of hydrogen-bond donors (Lipinski definition) is 3. The predicted molar refractivity (Wildman–Crippen MR) is 79.4 cm³/mol. The van der Waals surface area contributed by atoms with Gasteiger partial charge in [0.15, 0.2) is 0 Å². The summed E-state index contributed by atoms with van der Waals surface area (Å²) in [6.45, 7) is 0. The topological polar surface area (TPSA) is 75.3 Å². The molecule has 0 aliphatic heterocycles. The van der Waals surface area contributed by atoms with Crippen LogP contribution in [-0.2, 0) is 11.2 Å². The van der Waals surface area contributed by atoms with E-state index in [1.807, 2.05) is 0 Å². The molecule has 0 bridgehead atoms. The monoisotopic (exact) mass is 276 g/mol. The van der Waals surface area contributed by atoms with Crippen molar-refractivity contribution in [3.63, 3.8) is 0 Å². The van der Waals surface area contributed by atoms with Gasteiger partial charge in [0.1, 0.15) is 5.75 Å². The van der Waals surface area contributed by atoms with E-state index in [1.54, 1.807) is 24.3 Å². The second-order valence-corrected chi connectivity index (χ2v) is 5.67. The minimum absolute atomic E-state index is 0.0648. The Morgan fingerprint density at radius 1 is 1.20 bits per heavy atom. The highest BCUT2D eigenvalue weighted by Gasteiger charge is 2.19. The van der Waals surface area contributed by atoms with E-state index in [9.17, 15) is 9.90 Å². The van der Waals surface area contributed by atoms with Gasteiger partial charge in [-0.2, -0.15) is 0 Å². The Morgan fingerprint density at radius 3 is 2.40 bits per heavy atom. The summed E-state index contributed by atoms with van der Waals surface area (Å²) in [5.41, 5.74) is 6.93. The maximum atomic E-state index is 12.1. The van der Waals surface area contributed by atoms with Gasteiger partial charge in [0.25, 0.3) is 0 Å². The molecular formula is C16H24N2O2. The SMILES string of the molecule is N[C@@H](Cc1ccc(O)cc1)C(=O)NC1CCCCCC1. The van der Waals surface area contributed by atoms with Gasteiger partial charge in [-0.3, -0.25) is 4.79 Å². The normalized spacial score (nSPS) is 18.2. The molecule has 110 valence electrons. The van der Waals surface area contributed by atoms with Crippen LogP contribution in [0.2, 0.25) is 0 Å². The molecule has 4 heteroatoms. The molecule has 1 aliphatic carbocycles. The quantitative estimate of drug-likeness (QED) is 0.737. The molecule has 20 heavy (non-hydrogen) atoms. The highest BCUT2D eigenvalue weighted by atomic mass is 16.3. The van der Waals surface area contributed by atoms with E-state index in [0.29, 0.717) is 6.42 Å². The van der Waals surface area contributed by atoms with E-state index >= 15 is 0 Å². The first-order valence-electron chi connectivity index (χ1n) is 7.49. The molecule has 1 aromatic carbocycles. The van der Waals surface area contributed by atoms with Crippen LogP contribution in [0.15, 0.2) is 24.3 Å². The van der Waals surface area contributed by atoms with Crippen molar-refractivity contribution in [2.75, 3.05) is 0 Å². The first-order chi connectivity index (χ1) is 9.65. The standard InChI is InChI=1S/C16H24N2O2/c17-15(11-12-7-9-14(19)10-8-12)16(20)18-13-5-3-1-2-4-6-13/h7-10,13,15,19H,1-6,11,17H2,(H,18,20)/t15-/m0/s1. The van der Waals surface area contributed by atoms with Crippen LogP contribution in [0.4, 0.5) is 0 Å². The van der Waals surface area contributed by atoms with Crippen LogP contribution in [0, 0.1) is 0 Å². The number of amides is 1. The van der Waals surface area contributed by atoms with Crippen molar-refractivity contribution in [2.24, 2.45) is 5.73 Å². The lowest BCUT2D eigenvalue weighted by Crippen LogP contribution is -2.46. The number of benzene rings is 1. The molecule has 0 spiro atoms. The number of carbonyl (C=O) groups excluding carboxylic acids is 1. The van der Waals surface area contributed by atoms with E-state index < -0.39 is 6.04 Å². The average Bonchev–Trinajstić information content (AvgIpc) is 2.70. The lowest BCUT2D eigenvalue weighted by Gasteiger charge is -2.19. The van der Waals surface area contributed by atoms with Crippen LogP contribution >= 0.6 is 0 Å². The minimum Gasteiger partial charge on any atom is -0.508 e. The fourth-order valence-electron chi connectivity index (χ4n) is 2.71. The molecule has 2 rings (SSSR count). The summed E-state index contributed by atoms with van der Waals surface area (Å²) in [5, 5.41) is 12.3. The molecule has 1 aromatic rings. The van der Waals surface area contributed by atoms with Crippen LogP contribution in [0.3, 0.4) is 0 Å². The fourth-order valence-corrected chi connectivity index (χ4v) is 2.71. The summed E-state index contributed by atoms with van der Waals surface area (Å²) in [4.78, 5) is 12.1. The lowest BCUT2D eigenvalue weighted by atomic mass is 10.0. The highest BCUT2D eigenvalue weighted by Crippen LogP contribution is 2.17. The van der Waals surface area contributed by atoms with E-state index in [4.69, 9.17) is 5.73 Å². The molecule has 1 saturated carbocycles. The van der Waals surface area contributed by atoms with E-state index in [0.717, 1.165) is 18.4 Å². The Morgan fingerprint density at radius 2 is 1.80 bits per heavy atom. The highest BCUT2D eigenvalue weighted by molar-refractivity contribution is 5.82. The van der Waals surface area contributed by atoms with Crippen molar-refractivity contribution in [1.29, 1.82) is 0 Å². The Hall–Kier alpha value is -1.55. The zero-order valence-corrected chi connectivity index (χ0v) is 11.8. The predicted octanol–water partition coefficient (Wildman–Crippen LogP) is 2.10. The van der Waals surface area contributed by atoms with Gasteiger partial charge in [-0.05, 0) is 37.0 Å². The fraction of sp³-hybridized carbons (Fsp3) is 0.562. The molecule has 1 fully saturated rings. The molecule has 1 atom stereocenters. The number of nitrogens with one attached hydrogen (secondary N) is 1. The lowest BCUT2D eigenvalue weighted by molar-refractivity contribution is -0.123. The summed E-state index contributed by atoms with van der Waals surface area (Å²) in [6, 6.07) is 6.59. The van der Waals surface area contributed by atoms with Crippen molar-refractivity contribution in [2.45, 2.75) is 57.0 Å². The zero-order chi connectivity index (χ0) is 14.4. The van der Waals surface area contributed by atoms with Crippen molar-refractivity contribution in [1.82, 2.24) is 5.32 Å². The van der Waals surface area contributed by atoms with Gasteiger partial charge >= 0.3 is 0 Å². The van der Waals surface area contributed by atoms with Crippen LogP contribution in [0.25, 0.3) is 0 Å². The molecule has 0 heterocycles. The first kappa shape index (κ1) is 14.9. The van der Waals surface area contributed by atoms with Crippen molar-refractivity contribution >= 4 is 5.91 Å². The van der Waals surface area contributed by atoms with E-state index in [-0.39, 0.29) is 17.7 Å². The number of phenols is 1. The molecule has 4 nitrogen and oxygen atoms in total. The van der Waals surface area contributed by atoms with Crippen LogP contribution in [0.1, 0.15) is 44.1 Å². The Bertz CT molecular complexity index is 423. The Kier molecular flexibility index (Phi) is 5.41. The van der Waals surface area contributed by atoms with Gasteiger partial charge in [-0.15, -0.1) is 0 Å². The molecule has 1 amide bonds. The van der Waals surface area contributed by atoms with Gasteiger partial charge in [0.2, 0.25) is 5.91 Å². The second-order valence-electron chi connectivity index (χ2n) is 5.67. The molecule has 0 aromatic heterocycles. The third-order valence-electron chi connectivity index (χ3n) is 3.93. The summed E-state index contributed by atoms with van der Waals surface area (Å²) in [6.07, 6.45) is 7.56. The van der Waals surface area contributed by atoms with Gasteiger partial charge in [0, 0.05) is 6.04 Å². The Labute approximate surface area is 120 Å². The Balaban J connectivity index is 1.83. The summed E-state index contributed by atoms with van der Waals surface area (Å²) >= 11 is 0. The third-order valence-corrected chi connectivity index (χ3v) is 3.93. The van der Waals surface area contributed by atoms with Crippen molar-refractivity contribution in [3.8, 4) is 5.75 Å². The number of aromatic hydroxyl groups is 1. The van der Waals surface area contributed by atoms with Crippen LogP contribution in [0.5, 0.6) is 5.75 Å². The molecular weight excluding hydrogens is 252 g/mol. The third kappa shape index (κ3) is 4.53. The first-order valence-corrected chi connectivity index (χ1v) is 7.49. The summed E-state index contributed by atoms with van der Waals surface area (Å²) in [5.74, 6) is 0.162. The summed E-state index contributed by atoms with van der Waals surface area (Å²) < 4.78 is 0. The number of phenolic OH excluding ortho intramolecular Hbond substituents is 1. The largest absolute Gasteiger partial charge is 0.508 e. The van der Waals surface area contributed by atoms with E-state index in [1.165, 1.54) is 25.7 Å². The maximum Gasteiger partial charge on any atom is 0.237 e. The molecule has 0 saturated heterocycles. The van der Waals surface area contributed by atoms with Gasteiger partial charge in [-0.25, -0.2) is 0 Å². The van der Waals surface area contributed by atoms with Crippen molar-refractivity contribution < 1.29 is 9.90 Å². The number of nitrogens with two attached hydrogens (primary N) is 1. The second kappa shape index (κ2) is 7.29. The van der Waals surface area contributed by atoms with E-state index in [2.05, 4.69) is 5.32 Å². The number of hydrogen-bond acceptors (Lipinski definition) is 3. The molecule has 0 unspecified atom stereocenters. The average molecular weight is 276 g/mol. The number of carbonyl (C=O) groups is 1. The minimum atomic E-state index is -0.525. The summed E-state index contributed by atoms with van der Waals surface area (Å²) in [7, 11) is 0. The molecule has 1 aliphatic rings. The van der Waals surface area contributed by atoms with Crippen LogP contribution in [-0.4, -0.2) is 23.1 Å². The van der Waals surface area contributed by atoms with Crippen LogP contribution < -0.4 is 11.1 Å². The molecule has 0 radical (unpaired) electrons. The zero-order valence-electron chi connectivity index (χ0n) is 11.8. The number of rotatable bonds is 4. The van der Waals surface area contributed by atoms with Gasteiger partial charge in [0.05, 0.1) is 6.04 Å².